The summed E-state index contributed by atoms with van der Waals surface area (Å²) in [7, 11) is 0. The first kappa shape index (κ1) is 15.0. The van der Waals surface area contributed by atoms with Crippen LogP contribution >= 0.6 is 0 Å². The minimum atomic E-state index is 0.384. The van der Waals surface area contributed by atoms with Gasteiger partial charge in [0.25, 0.3) is 0 Å². The average Bonchev–Trinajstić information content (AvgIpc) is 3.14. The van der Waals surface area contributed by atoms with Crippen LogP contribution in [0.25, 0.3) is 10.9 Å². The zero-order valence-corrected chi connectivity index (χ0v) is 13.7. The number of aromatic nitrogens is 3. The highest BCUT2D eigenvalue weighted by Crippen LogP contribution is 2.25. The molecule has 5 heteroatoms. The third-order valence-corrected chi connectivity index (χ3v) is 4.33. The van der Waals surface area contributed by atoms with Gasteiger partial charge in [0.05, 0.1) is 17.8 Å². The zero-order valence-electron chi connectivity index (χ0n) is 13.7. The first-order valence-electron chi connectivity index (χ1n) is 8.29. The molecule has 1 N–H and O–H groups in total. The number of ether oxygens (including phenoxy) is 1. The Kier molecular flexibility index (Phi) is 4.09. The molecule has 2 aromatic heterocycles. The molecule has 122 valence electrons. The second-order valence-electron chi connectivity index (χ2n) is 6.18. The van der Waals surface area contributed by atoms with Gasteiger partial charge in [0, 0.05) is 36.7 Å². The Bertz CT molecular complexity index is 859. The highest BCUT2D eigenvalue weighted by Gasteiger charge is 2.20. The number of fused-ring (bicyclic) bond motifs is 1. The number of nitrogens with one attached hydrogen (secondary N) is 1. The van der Waals surface area contributed by atoms with Crippen molar-refractivity contribution in [2.75, 3.05) is 18.5 Å². The lowest BCUT2D eigenvalue weighted by Crippen LogP contribution is -2.08. The smallest absolute Gasteiger partial charge is 0.130 e. The fraction of sp³-hybridized carbons (Fsp3) is 0.316. The highest BCUT2D eigenvalue weighted by atomic mass is 16.5. The topological polar surface area (TPSA) is 59.9 Å². The monoisotopic (exact) mass is 320 g/mol. The molecule has 1 fully saturated rings. The van der Waals surface area contributed by atoms with E-state index in [4.69, 9.17) is 4.74 Å². The van der Waals surface area contributed by atoms with Crippen LogP contribution in [0.2, 0.25) is 0 Å². The summed E-state index contributed by atoms with van der Waals surface area (Å²) in [5.74, 6) is 2.03. The quantitative estimate of drug-likeness (QED) is 0.798. The summed E-state index contributed by atoms with van der Waals surface area (Å²) in [5.41, 5.74) is 3.22. The molecule has 3 heterocycles. The van der Waals surface area contributed by atoms with Crippen molar-refractivity contribution in [1.29, 1.82) is 0 Å². The van der Waals surface area contributed by atoms with Crippen LogP contribution in [0.15, 0.2) is 42.6 Å². The Hall–Kier alpha value is -2.53. The van der Waals surface area contributed by atoms with Gasteiger partial charge >= 0.3 is 0 Å². The molecule has 4 rings (SSSR count). The van der Waals surface area contributed by atoms with Crippen molar-refractivity contribution in [2.45, 2.75) is 25.8 Å². The first-order valence-corrected chi connectivity index (χ1v) is 8.29. The molecule has 3 aromatic rings. The van der Waals surface area contributed by atoms with Gasteiger partial charge in [-0.25, -0.2) is 9.97 Å². The van der Waals surface area contributed by atoms with Crippen LogP contribution in [-0.4, -0.2) is 28.2 Å². The third kappa shape index (κ3) is 3.21. The van der Waals surface area contributed by atoms with Gasteiger partial charge in [-0.3, -0.25) is 4.98 Å². The van der Waals surface area contributed by atoms with E-state index in [1.165, 1.54) is 0 Å². The average molecular weight is 320 g/mol. The second kappa shape index (κ2) is 6.53. The van der Waals surface area contributed by atoms with E-state index in [2.05, 4.69) is 32.4 Å². The first-order chi connectivity index (χ1) is 11.8. The van der Waals surface area contributed by atoms with Gasteiger partial charge in [0.2, 0.25) is 0 Å². The fourth-order valence-electron chi connectivity index (χ4n) is 3.06. The summed E-state index contributed by atoms with van der Waals surface area (Å²) in [5, 5.41) is 4.55. The molecule has 5 nitrogen and oxygen atoms in total. The van der Waals surface area contributed by atoms with Crippen LogP contribution in [-0.2, 0) is 11.3 Å². The Morgan fingerprint density at radius 1 is 1.21 bits per heavy atom. The maximum Gasteiger partial charge on any atom is 0.130 e. The van der Waals surface area contributed by atoms with Crippen LogP contribution in [0.3, 0.4) is 0 Å². The molecule has 24 heavy (non-hydrogen) atoms. The number of aryl methyl sites for hydroxylation is 1. The molecule has 0 amide bonds. The minimum absolute atomic E-state index is 0.384. The SMILES string of the molecule is Cc1nc(NCc2cnc3ccccc3c2)cc([C@@H]2CCOC2)n1. The molecule has 1 aromatic carbocycles. The minimum Gasteiger partial charge on any atom is -0.381 e. The van der Waals surface area contributed by atoms with Crippen LogP contribution in [0.1, 0.15) is 29.4 Å². The summed E-state index contributed by atoms with van der Waals surface area (Å²) in [6, 6.07) is 12.3. The van der Waals surface area contributed by atoms with Crippen LogP contribution in [0.4, 0.5) is 5.82 Å². The van der Waals surface area contributed by atoms with Crippen molar-refractivity contribution in [3.63, 3.8) is 0 Å². The van der Waals surface area contributed by atoms with E-state index in [1.54, 1.807) is 0 Å². The Morgan fingerprint density at radius 3 is 3.00 bits per heavy atom. The summed E-state index contributed by atoms with van der Waals surface area (Å²) in [6.45, 7) is 4.20. The third-order valence-electron chi connectivity index (χ3n) is 4.33. The van der Waals surface area contributed by atoms with Crippen LogP contribution in [0, 0.1) is 6.92 Å². The van der Waals surface area contributed by atoms with Gasteiger partial charge in [0.15, 0.2) is 0 Å². The van der Waals surface area contributed by atoms with E-state index in [1.807, 2.05) is 37.4 Å². The molecule has 0 saturated carbocycles. The number of benzene rings is 1. The van der Waals surface area contributed by atoms with Crippen LogP contribution in [0.5, 0.6) is 0 Å². The molecule has 1 saturated heterocycles. The Labute approximate surface area is 141 Å². The highest BCUT2D eigenvalue weighted by molar-refractivity contribution is 5.78. The Morgan fingerprint density at radius 2 is 2.12 bits per heavy atom. The number of anilines is 1. The number of nitrogens with zero attached hydrogens (tertiary/aromatic N) is 3. The molecule has 1 aliphatic heterocycles. The lowest BCUT2D eigenvalue weighted by Gasteiger charge is -2.12. The number of hydrogen-bond donors (Lipinski definition) is 1. The zero-order chi connectivity index (χ0) is 16.4. The van der Waals surface area contributed by atoms with E-state index in [0.717, 1.165) is 53.4 Å². The van der Waals surface area contributed by atoms with Gasteiger partial charge < -0.3 is 10.1 Å². The molecular weight excluding hydrogens is 300 g/mol. The van der Waals surface area contributed by atoms with E-state index < -0.39 is 0 Å². The standard InChI is InChI=1S/C19H20N4O/c1-13-22-18(16-6-7-24-12-16)9-19(23-13)21-11-14-8-15-4-2-3-5-17(15)20-10-14/h2-5,8-10,16H,6-7,11-12H2,1H3,(H,21,22,23)/t16-/m1/s1. The largest absolute Gasteiger partial charge is 0.381 e. The number of hydrogen-bond acceptors (Lipinski definition) is 5. The predicted molar refractivity (Wildman–Crippen MR) is 94.0 cm³/mol. The fourth-order valence-corrected chi connectivity index (χ4v) is 3.06. The lowest BCUT2D eigenvalue weighted by molar-refractivity contribution is 0.193. The van der Waals surface area contributed by atoms with Gasteiger partial charge in [0.1, 0.15) is 11.6 Å². The van der Waals surface area contributed by atoms with Gasteiger partial charge in [-0.2, -0.15) is 0 Å². The number of rotatable bonds is 4. The maximum absolute atomic E-state index is 5.47. The summed E-state index contributed by atoms with van der Waals surface area (Å²) >= 11 is 0. The van der Waals surface area contributed by atoms with E-state index >= 15 is 0 Å². The van der Waals surface area contributed by atoms with E-state index in [9.17, 15) is 0 Å². The number of pyridine rings is 1. The van der Waals surface area contributed by atoms with Crippen molar-refractivity contribution < 1.29 is 4.74 Å². The van der Waals surface area contributed by atoms with E-state index in [-0.39, 0.29) is 0 Å². The van der Waals surface area contributed by atoms with Gasteiger partial charge in [-0.1, -0.05) is 18.2 Å². The molecule has 0 spiro atoms. The molecule has 0 aliphatic carbocycles. The molecule has 1 aliphatic rings. The summed E-state index contributed by atoms with van der Waals surface area (Å²) < 4.78 is 5.47. The van der Waals surface area contributed by atoms with Crippen molar-refractivity contribution >= 4 is 16.7 Å². The molecule has 0 radical (unpaired) electrons. The van der Waals surface area contributed by atoms with Gasteiger partial charge in [-0.05, 0) is 31.0 Å². The van der Waals surface area contributed by atoms with Gasteiger partial charge in [-0.15, -0.1) is 0 Å². The lowest BCUT2D eigenvalue weighted by atomic mass is 10.0. The normalized spacial score (nSPS) is 17.3. The van der Waals surface area contributed by atoms with Crippen molar-refractivity contribution in [1.82, 2.24) is 15.0 Å². The molecule has 1 atom stereocenters. The second-order valence-corrected chi connectivity index (χ2v) is 6.18. The van der Waals surface area contributed by atoms with Crippen molar-refractivity contribution in [3.05, 3.63) is 59.7 Å². The molecule has 0 bridgehead atoms. The maximum atomic E-state index is 5.47. The molecule has 0 unspecified atom stereocenters. The molecular formula is C19H20N4O. The van der Waals surface area contributed by atoms with Crippen molar-refractivity contribution in [3.8, 4) is 0 Å². The van der Waals surface area contributed by atoms with Crippen molar-refractivity contribution in [2.24, 2.45) is 0 Å². The Balaban J connectivity index is 1.51. The number of para-hydroxylation sites is 1. The summed E-state index contributed by atoms with van der Waals surface area (Å²) in [4.78, 5) is 13.6. The van der Waals surface area contributed by atoms with Crippen LogP contribution < -0.4 is 5.32 Å². The van der Waals surface area contributed by atoms with E-state index in [0.29, 0.717) is 12.5 Å². The summed E-state index contributed by atoms with van der Waals surface area (Å²) in [6.07, 6.45) is 2.94. The predicted octanol–water partition coefficient (Wildman–Crippen LogP) is 3.45.